The van der Waals surface area contributed by atoms with Crippen molar-refractivity contribution < 1.29 is 0 Å². The van der Waals surface area contributed by atoms with Gasteiger partial charge in [-0.2, -0.15) is 0 Å². The molecule has 0 atom stereocenters. The molecule has 0 unspecified atom stereocenters. The van der Waals surface area contributed by atoms with E-state index in [0.29, 0.717) is 0 Å². The van der Waals surface area contributed by atoms with Crippen molar-refractivity contribution in [1.29, 1.82) is 0 Å². The Balaban J connectivity index is 0.964. The smallest absolute Gasteiger partial charge is 0.0640 e. The van der Waals surface area contributed by atoms with Gasteiger partial charge >= 0.3 is 0 Å². The molecular formula is C58H37N3S. The molecular weight excluding hydrogens is 771 g/mol. The Morgan fingerprint density at radius 2 is 0.887 bits per heavy atom. The van der Waals surface area contributed by atoms with E-state index in [1.54, 1.807) is 0 Å². The van der Waals surface area contributed by atoms with Crippen molar-refractivity contribution in [2.45, 2.75) is 0 Å². The van der Waals surface area contributed by atoms with Gasteiger partial charge in [-0.1, -0.05) is 140 Å². The van der Waals surface area contributed by atoms with Crippen molar-refractivity contribution in [1.82, 2.24) is 9.13 Å². The molecule has 0 aliphatic rings. The molecule has 13 aromatic rings. The van der Waals surface area contributed by atoms with E-state index in [9.17, 15) is 0 Å². The molecule has 0 N–H and O–H groups in total. The molecule has 0 fully saturated rings. The molecule has 290 valence electrons. The van der Waals surface area contributed by atoms with Crippen molar-refractivity contribution in [3.63, 3.8) is 0 Å². The molecule has 0 aliphatic carbocycles. The maximum Gasteiger partial charge on any atom is 0.0640 e. The second-order valence-corrected chi connectivity index (χ2v) is 17.2. The van der Waals surface area contributed by atoms with Crippen molar-refractivity contribution in [2.75, 3.05) is 4.90 Å². The molecule has 3 nitrogen and oxygen atoms in total. The number of rotatable bonds is 6. The molecule has 13 rings (SSSR count). The number of aromatic nitrogens is 2. The van der Waals surface area contributed by atoms with E-state index in [0.717, 1.165) is 22.7 Å². The Morgan fingerprint density at radius 1 is 0.339 bits per heavy atom. The number of anilines is 3. The minimum atomic E-state index is 1.11. The van der Waals surface area contributed by atoms with Gasteiger partial charge in [0.05, 0.1) is 38.1 Å². The van der Waals surface area contributed by atoms with Gasteiger partial charge in [-0.25, -0.2) is 0 Å². The van der Waals surface area contributed by atoms with Crippen molar-refractivity contribution in [3.8, 4) is 22.5 Å². The third-order valence-corrected chi connectivity index (χ3v) is 13.9. The summed E-state index contributed by atoms with van der Waals surface area (Å²) < 4.78 is 7.38. The molecule has 0 saturated carbocycles. The summed E-state index contributed by atoms with van der Waals surface area (Å²) in [5.74, 6) is 0. The SMILES string of the molecule is c1ccc(-n2c3ccccc3c3c(N(c4ccc(-c5ccc(-n6c7ccccc7c7cc8ccccc8cc76)cc5)cc4)c4cccc5c4sc4ccccc45)cccc32)cc1. The summed E-state index contributed by atoms with van der Waals surface area (Å²) in [6, 6.07) is 82.2. The van der Waals surface area contributed by atoms with E-state index in [1.807, 2.05) is 11.3 Å². The summed E-state index contributed by atoms with van der Waals surface area (Å²) >= 11 is 1.87. The van der Waals surface area contributed by atoms with Crippen LogP contribution in [-0.2, 0) is 0 Å². The van der Waals surface area contributed by atoms with Crippen molar-refractivity contribution in [2.24, 2.45) is 0 Å². The summed E-state index contributed by atoms with van der Waals surface area (Å²) in [6.45, 7) is 0. The van der Waals surface area contributed by atoms with Gasteiger partial charge in [0.25, 0.3) is 0 Å². The second-order valence-electron chi connectivity index (χ2n) is 16.1. The Hall–Kier alpha value is -7.92. The first-order valence-electron chi connectivity index (χ1n) is 21.2. The number of nitrogens with zero attached hydrogens (tertiary/aromatic N) is 3. The standard InChI is InChI=1S/C58H37N3S/c1-2-16-42(17-3-1)59-51-23-10-7-20-48(51)57-52(59)24-13-25-53(57)61(54-26-12-21-47-46-19-8-11-27-56(46)62-58(47)54)44-34-30-39(31-35-44)38-28-32-43(33-29-38)60-50-22-9-6-18-45(50)49-36-40-14-4-5-15-41(40)37-55(49)60/h1-37H. The Bertz CT molecular complexity index is 3850. The first-order chi connectivity index (χ1) is 30.8. The lowest BCUT2D eigenvalue weighted by Gasteiger charge is -2.27. The lowest BCUT2D eigenvalue weighted by Crippen LogP contribution is -2.10. The summed E-state index contributed by atoms with van der Waals surface area (Å²) in [4.78, 5) is 2.49. The third kappa shape index (κ3) is 5.30. The number of para-hydroxylation sites is 3. The van der Waals surface area contributed by atoms with E-state index in [-0.39, 0.29) is 0 Å². The Morgan fingerprint density at radius 3 is 1.68 bits per heavy atom. The highest BCUT2D eigenvalue weighted by Gasteiger charge is 2.23. The molecule has 0 bridgehead atoms. The number of hydrogen-bond donors (Lipinski definition) is 0. The predicted octanol–water partition coefficient (Wildman–Crippen LogP) is 16.5. The van der Waals surface area contributed by atoms with Gasteiger partial charge in [-0.05, 0) is 107 Å². The van der Waals surface area contributed by atoms with Crippen LogP contribution >= 0.6 is 11.3 Å². The fraction of sp³-hybridized carbons (Fsp3) is 0. The van der Waals surface area contributed by atoms with E-state index >= 15 is 0 Å². The van der Waals surface area contributed by atoms with Crippen LogP contribution in [0.15, 0.2) is 224 Å². The third-order valence-electron chi connectivity index (χ3n) is 12.7. The lowest BCUT2D eigenvalue weighted by atomic mass is 10.0. The van der Waals surface area contributed by atoms with Crippen LogP contribution in [0.3, 0.4) is 0 Å². The maximum atomic E-state index is 2.49. The first kappa shape index (κ1) is 34.9. The molecule has 10 aromatic carbocycles. The molecule has 0 amide bonds. The van der Waals surface area contributed by atoms with Crippen LogP contribution in [0, 0.1) is 0 Å². The number of benzene rings is 10. The van der Waals surface area contributed by atoms with Crippen LogP contribution in [0.4, 0.5) is 17.1 Å². The van der Waals surface area contributed by atoms with Gasteiger partial charge in [0.2, 0.25) is 0 Å². The number of thiophene rings is 1. The van der Waals surface area contributed by atoms with E-state index in [1.165, 1.54) is 91.4 Å². The van der Waals surface area contributed by atoms with Gasteiger partial charge < -0.3 is 14.0 Å². The second kappa shape index (κ2) is 13.8. The monoisotopic (exact) mass is 807 g/mol. The molecule has 0 radical (unpaired) electrons. The minimum Gasteiger partial charge on any atom is -0.309 e. The zero-order valence-corrected chi connectivity index (χ0v) is 34.4. The first-order valence-corrected chi connectivity index (χ1v) is 22.0. The van der Waals surface area contributed by atoms with Gasteiger partial charge in [0, 0.05) is 54.1 Å². The molecule has 4 heteroatoms. The highest BCUT2D eigenvalue weighted by atomic mass is 32.1. The average Bonchev–Trinajstić information content (AvgIpc) is 4.00. The maximum absolute atomic E-state index is 2.49. The summed E-state index contributed by atoms with van der Waals surface area (Å²) in [6.07, 6.45) is 0. The predicted molar refractivity (Wildman–Crippen MR) is 266 cm³/mol. The van der Waals surface area contributed by atoms with Crippen molar-refractivity contribution >= 4 is 103 Å². The summed E-state index contributed by atoms with van der Waals surface area (Å²) in [5.41, 5.74) is 12.9. The highest BCUT2D eigenvalue weighted by Crippen LogP contribution is 2.48. The quantitative estimate of drug-likeness (QED) is 0.163. The fourth-order valence-corrected chi connectivity index (χ4v) is 11.1. The van der Waals surface area contributed by atoms with E-state index < -0.39 is 0 Å². The Labute approximate surface area is 362 Å². The fourth-order valence-electron chi connectivity index (χ4n) is 9.90. The van der Waals surface area contributed by atoms with E-state index in [4.69, 9.17) is 0 Å². The van der Waals surface area contributed by atoms with Gasteiger partial charge in [-0.15, -0.1) is 11.3 Å². The molecule has 62 heavy (non-hydrogen) atoms. The van der Waals surface area contributed by atoms with Crippen LogP contribution in [0.5, 0.6) is 0 Å². The van der Waals surface area contributed by atoms with Crippen LogP contribution in [0.2, 0.25) is 0 Å². The normalized spacial score (nSPS) is 11.9. The van der Waals surface area contributed by atoms with Gasteiger partial charge in [0.1, 0.15) is 0 Å². The van der Waals surface area contributed by atoms with E-state index in [2.05, 4.69) is 238 Å². The summed E-state index contributed by atoms with van der Waals surface area (Å²) in [5, 5.41) is 10.1. The van der Waals surface area contributed by atoms with Crippen molar-refractivity contribution in [3.05, 3.63) is 224 Å². The number of fused-ring (bicyclic) bond motifs is 10. The lowest BCUT2D eigenvalue weighted by molar-refractivity contribution is 1.18. The van der Waals surface area contributed by atoms with Gasteiger partial charge in [-0.3, -0.25) is 0 Å². The molecule has 0 aliphatic heterocycles. The van der Waals surface area contributed by atoms with Crippen LogP contribution < -0.4 is 4.90 Å². The largest absolute Gasteiger partial charge is 0.309 e. The topological polar surface area (TPSA) is 13.1 Å². The highest BCUT2D eigenvalue weighted by molar-refractivity contribution is 7.26. The zero-order valence-electron chi connectivity index (χ0n) is 33.6. The number of hydrogen-bond acceptors (Lipinski definition) is 2. The zero-order chi connectivity index (χ0) is 40.7. The Kier molecular flexibility index (Phi) is 7.78. The van der Waals surface area contributed by atoms with Crippen LogP contribution in [0.25, 0.3) is 97.1 Å². The average molecular weight is 808 g/mol. The molecule has 3 heterocycles. The molecule has 0 saturated heterocycles. The van der Waals surface area contributed by atoms with Crippen LogP contribution in [-0.4, -0.2) is 9.13 Å². The van der Waals surface area contributed by atoms with Gasteiger partial charge in [0.15, 0.2) is 0 Å². The molecule has 0 spiro atoms. The molecule has 3 aromatic heterocycles. The van der Waals surface area contributed by atoms with Crippen LogP contribution in [0.1, 0.15) is 0 Å². The minimum absolute atomic E-state index is 1.11. The summed E-state index contributed by atoms with van der Waals surface area (Å²) in [7, 11) is 0.